The number of carbonyl (C=O) groups is 1. The first kappa shape index (κ1) is 33.5. The molecule has 1 amide bonds. The predicted molar refractivity (Wildman–Crippen MR) is 169 cm³/mol. The number of aliphatic hydroxyl groups excluding tert-OH is 1. The molecule has 3 aliphatic rings. The molecule has 0 aromatic heterocycles. The van der Waals surface area contributed by atoms with Gasteiger partial charge in [0.25, 0.3) is 0 Å². The van der Waals surface area contributed by atoms with Gasteiger partial charge in [-0.1, -0.05) is 90.1 Å². The van der Waals surface area contributed by atoms with Crippen LogP contribution in [-0.4, -0.2) is 76.9 Å². The molecule has 0 saturated carbocycles. The number of fused-ring (bicyclic) bond motifs is 2. The van der Waals surface area contributed by atoms with Crippen molar-refractivity contribution in [3.63, 3.8) is 0 Å². The smallest absolute Gasteiger partial charge is 0.246 e. The molecule has 2 fully saturated rings. The summed E-state index contributed by atoms with van der Waals surface area (Å²) in [5.41, 5.74) is 2.71. The molecule has 40 heavy (non-hydrogen) atoms. The summed E-state index contributed by atoms with van der Waals surface area (Å²) < 4.78 is 0. The van der Waals surface area contributed by atoms with Crippen molar-refractivity contribution in [2.24, 2.45) is 0 Å². The van der Waals surface area contributed by atoms with Crippen LogP contribution in [0.3, 0.4) is 0 Å². The van der Waals surface area contributed by atoms with Gasteiger partial charge in [0.1, 0.15) is 0 Å². The molecule has 5 rings (SSSR count). The van der Waals surface area contributed by atoms with E-state index in [9.17, 15) is 15.0 Å². The molecule has 0 bridgehead atoms. The van der Waals surface area contributed by atoms with Gasteiger partial charge in [-0.2, -0.15) is 0 Å². The van der Waals surface area contributed by atoms with Crippen LogP contribution < -0.4 is 5.32 Å². The van der Waals surface area contributed by atoms with Crippen molar-refractivity contribution >= 4 is 17.7 Å². The average molecular weight is 552 g/mol. The second kappa shape index (κ2) is 16.6. The number of β-amino-alcohol motifs (C(OH)–C–C–N with tert-alkyl or cyclic N) is 1. The Kier molecular flexibility index (Phi) is 13.9. The molecule has 1 atom stereocenters. The summed E-state index contributed by atoms with van der Waals surface area (Å²) in [5, 5.41) is 25.7. The van der Waals surface area contributed by atoms with Crippen molar-refractivity contribution in [2.45, 2.75) is 84.3 Å². The van der Waals surface area contributed by atoms with E-state index in [0.717, 1.165) is 38.0 Å². The largest absolute Gasteiger partial charge is 0.389 e. The minimum atomic E-state index is -1.14. The number of amides is 1. The molecule has 3 aliphatic heterocycles. The molecule has 1 spiro atoms. The minimum absolute atomic E-state index is 0.0489. The normalized spacial score (nSPS) is 19.6. The van der Waals surface area contributed by atoms with Crippen molar-refractivity contribution in [3.8, 4) is 0 Å². The zero-order valence-corrected chi connectivity index (χ0v) is 25.7. The number of carbonyl (C=O) groups excluding carboxylic acids is 1. The predicted octanol–water partition coefficient (Wildman–Crippen LogP) is 5.95. The second-order valence-electron chi connectivity index (χ2n) is 10.2. The van der Waals surface area contributed by atoms with Crippen LogP contribution in [0.5, 0.6) is 0 Å². The Hall–Kier alpha value is -2.67. The molecule has 0 radical (unpaired) electrons. The van der Waals surface area contributed by atoms with E-state index in [0.29, 0.717) is 32.5 Å². The molecule has 3 N–H and O–H groups in total. The molecule has 2 saturated heterocycles. The second-order valence-corrected chi connectivity index (χ2v) is 10.2. The number of piperidine rings is 2. The Bertz CT molecular complexity index is 1020. The maximum atomic E-state index is 12.6. The number of para-hydroxylation sites is 1. The first-order chi connectivity index (χ1) is 19.5. The molecule has 6 heteroatoms. The van der Waals surface area contributed by atoms with Crippen molar-refractivity contribution in [1.29, 1.82) is 0 Å². The standard InChI is InChI=1S/C28H35N3O3.3C2H6/c32-25(20-30-16-12-27(13-17-30)21-29-24-9-5-4-8-23(24)27)28(34)14-18-31(19-15-28)26(33)11-10-22-6-2-1-3-7-22;3*1-2/h1-11,25,29,32,34H,12-21H2;3*1-2H3/b11-10+;;;. The van der Waals surface area contributed by atoms with Gasteiger partial charge in [0.05, 0.1) is 11.7 Å². The van der Waals surface area contributed by atoms with Gasteiger partial charge in [0.2, 0.25) is 5.91 Å². The lowest BCUT2D eigenvalue weighted by Gasteiger charge is -2.44. The van der Waals surface area contributed by atoms with Gasteiger partial charge in [-0.05, 0) is 62.0 Å². The fraction of sp³-hybridized carbons (Fsp3) is 0.559. The van der Waals surface area contributed by atoms with E-state index in [2.05, 4.69) is 34.5 Å². The van der Waals surface area contributed by atoms with Crippen LogP contribution in [0, 0.1) is 0 Å². The van der Waals surface area contributed by atoms with Crippen LogP contribution in [0.15, 0.2) is 60.7 Å². The van der Waals surface area contributed by atoms with Crippen molar-refractivity contribution in [1.82, 2.24) is 9.80 Å². The van der Waals surface area contributed by atoms with E-state index >= 15 is 0 Å². The van der Waals surface area contributed by atoms with Crippen LogP contribution >= 0.6 is 0 Å². The van der Waals surface area contributed by atoms with Gasteiger partial charge in [-0.3, -0.25) is 4.79 Å². The SMILES string of the molecule is CC.CC.CC.O=C(/C=C/c1ccccc1)N1CCC(O)(C(O)CN2CCC3(CC2)CNc2ccccc23)CC1. The fourth-order valence-electron chi connectivity index (χ4n) is 5.77. The maximum absolute atomic E-state index is 12.6. The third-order valence-corrected chi connectivity index (χ3v) is 8.14. The molecule has 1 unspecified atom stereocenters. The summed E-state index contributed by atoms with van der Waals surface area (Å²) >= 11 is 0. The van der Waals surface area contributed by atoms with E-state index in [4.69, 9.17) is 0 Å². The van der Waals surface area contributed by atoms with Crippen LogP contribution in [0.25, 0.3) is 6.08 Å². The van der Waals surface area contributed by atoms with Crippen molar-refractivity contribution < 1.29 is 15.0 Å². The number of hydrogen-bond acceptors (Lipinski definition) is 5. The van der Waals surface area contributed by atoms with Gasteiger partial charge < -0.3 is 25.3 Å². The molecular weight excluding hydrogens is 498 g/mol. The summed E-state index contributed by atoms with van der Waals surface area (Å²) in [6.07, 6.45) is 5.50. The van der Waals surface area contributed by atoms with Crippen LogP contribution in [0.1, 0.15) is 78.4 Å². The molecule has 6 nitrogen and oxygen atoms in total. The summed E-state index contributed by atoms with van der Waals surface area (Å²) in [6.45, 7) is 16.2. The zero-order chi connectivity index (χ0) is 29.6. The Morgan fingerprint density at radius 3 is 2.08 bits per heavy atom. The number of benzene rings is 2. The quantitative estimate of drug-likeness (QED) is 0.400. The van der Waals surface area contributed by atoms with E-state index in [1.807, 2.05) is 78.0 Å². The Morgan fingerprint density at radius 2 is 1.45 bits per heavy atom. The number of aliphatic hydroxyl groups is 2. The summed E-state index contributed by atoms with van der Waals surface area (Å²) in [7, 11) is 0. The van der Waals surface area contributed by atoms with Crippen LogP contribution in [0.2, 0.25) is 0 Å². The highest BCUT2D eigenvalue weighted by Gasteiger charge is 2.44. The topological polar surface area (TPSA) is 76.0 Å². The molecular formula is C34H53N3O3. The van der Waals surface area contributed by atoms with E-state index in [-0.39, 0.29) is 11.3 Å². The summed E-state index contributed by atoms with van der Waals surface area (Å²) in [5.74, 6) is -0.0489. The lowest BCUT2D eigenvalue weighted by molar-refractivity contribution is -0.140. The lowest BCUT2D eigenvalue weighted by atomic mass is 9.74. The summed E-state index contributed by atoms with van der Waals surface area (Å²) in [4.78, 5) is 16.6. The molecule has 0 aliphatic carbocycles. The van der Waals surface area contributed by atoms with Crippen molar-refractivity contribution in [2.75, 3.05) is 44.6 Å². The highest BCUT2D eigenvalue weighted by atomic mass is 16.3. The van der Waals surface area contributed by atoms with E-state index < -0.39 is 11.7 Å². The fourth-order valence-corrected chi connectivity index (χ4v) is 5.77. The van der Waals surface area contributed by atoms with Gasteiger partial charge in [-0.25, -0.2) is 0 Å². The zero-order valence-electron chi connectivity index (χ0n) is 25.7. The number of anilines is 1. The molecule has 3 heterocycles. The van der Waals surface area contributed by atoms with Gasteiger partial charge in [-0.15, -0.1) is 0 Å². The molecule has 2 aromatic carbocycles. The monoisotopic (exact) mass is 551 g/mol. The average Bonchev–Trinajstić information content (AvgIpc) is 3.39. The Balaban J connectivity index is 0.000000876. The Morgan fingerprint density at radius 1 is 0.875 bits per heavy atom. The van der Waals surface area contributed by atoms with Gasteiger partial charge in [0.15, 0.2) is 0 Å². The number of nitrogens with one attached hydrogen (secondary N) is 1. The third kappa shape index (κ3) is 8.18. The first-order valence-corrected chi connectivity index (χ1v) is 15.5. The highest BCUT2D eigenvalue weighted by Crippen LogP contribution is 2.44. The summed E-state index contributed by atoms with van der Waals surface area (Å²) in [6, 6.07) is 18.3. The van der Waals surface area contributed by atoms with Gasteiger partial charge in [0, 0.05) is 43.4 Å². The van der Waals surface area contributed by atoms with Gasteiger partial charge >= 0.3 is 0 Å². The number of hydrogen-bond donors (Lipinski definition) is 3. The molecule has 2 aromatic rings. The first-order valence-electron chi connectivity index (χ1n) is 15.5. The van der Waals surface area contributed by atoms with Crippen LogP contribution in [-0.2, 0) is 10.2 Å². The maximum Gasteiger partial charge on any atom is 0.246 e. The number of nitrogens with zero attached hydrogens (tertiary/aromatic N) is 2. The number of likely N-dealkylation sites (tertiary alicyclic amines) is 2. The minimum Gasteiger partial charge on any atom is -0.389 e. The van der Waals surface area contributed by atoms with E-state index in [1.54, 1.807) is 11.0 Å². The number of rotatable bonds is 5. The lowest BCUT2D eigenvalue weighted by Crippen LogP contribution is -2.56. The van der Waals surface area contributed by atoms with Crippen molar-refractivity contribution in [3.05, 3.63) is 71.8 Å². The molecule has 222 valence electrons. The van der Waals surface area contributed by atoms with E-state index in [1.165, 1.54) is 11.3 Å². The highest BCUT2D eigenvalue weighted by molar-refractivity contribution is 5.91. The third-order valence-electron chi connectivity index (χ3n) is 8.14. The Labute approximate surface area is 243 Å². The van der Waals surface area contributed by atoms with Crippen LogP contribution in [0.4, 0.5) is 5.69 Å².